The molecule has 0 amide bonds. The number of benzene rings is 2. The zero-order chi connectivity index (χ0) is 23.0. The van der Waals surface area contributed by atoms with E-state index in [1.165, 1.54) is 24.0 Å². The van der Waals surface area contributed by atoms with Crippen molar-refractivity contribution in [2.24, 2.45) is 4.99 Å². The summed E-state index contributed by atoms with van der Waals surface area (Å²) < 4.78 is 11.3. The van der Waals surface area contributed by atoms with Crippen LogP contribution in [0.25, 0.3) is 11.3 Å². The minimum Gasteiger partial charge on any atom is -0.497 e. The maximum Gasteiger partial charge on any atom is 0.214 e. The van der Waals surface area contributed by atoms with Crippen molar-refractivity contribution in [1.29, 1.82) is 0 Å². The highest BCUT2D eigenvalue weighted by Crippen LogP contribution is 2.26. The lowest BCUT2D eigenvalue weighted by atomic mass is 10.1. The van der Waals surface area contributed by atoms with E-state index in [0.29, 0.717) is 12.4 Å². The molecule has 1 aliphatic heterocycles. The zero-order valence-corrected chi connectivity index (χ0v) is 19.7. The van der Waals surface area contributed by atoms with Crippen LogP contribution in [0.2, 0.25) is 0 Å². The lowest BCUT2D eigenvalue weighted by Gasteiger charge is -2.29. The maximum atomic E-state index is 5.93. The molecule has 2 aromatic carbocycles. The highest BCUT2D eigenvalue weighted by atomic mass is 16.5. The van der Waals surface area contributed by atoms with E-state index in [9.17, 15) is 0 Å². The largest absolute Gasteiger partial charge is 0.497 e. The summed E-state index contributed by atoms with van der Waals surface area (Å²) in [6.07, 6.45) is 4.26. The molecule has 0 radical (unpaired) electrons. The van der Waals surface area contributed by atoms with Gasteiger partial charge in [-0.3, -0.25) is 9.89 Å². The third-order valence-electron chi connectivity index (χ3n) is 6.07. The van der Waals surface area contributed by atoms with Crippen LogP contribution in [0.3, 0.4) is 0 Å². The first-order valence-corrected chi connectivity index (χ1v) is 11.5. The first-order chi connectivity index (χ1) is 16.2. The molecule has 1 aromatic heterocycles. The summed E-state index contributed by atoms with van der Waals surface area (Å²) in [6.45, 7) is 5.51. The van der Waals surface area contributed by atoms with Crippen molar-refractivity contribution in [3.8, 4) is 17.1 Å². The molecule has 7 heteroatoms. The Morgan fingerprint density at radius 1 is 1.09 bits per heavy atom. The van der Waals surface area contributed by atoms with E-state index >= 15 is 0 Å². The standard InChI is InChI=1S/C26H33N5O2/c1-19-6-8-21(9-7-19)24-17-28-25(33-24)18-30-26(27-2)29-16-23(31-14-4-5-15-31)20-10-12-22(32-3)13-11-20/h6-13,17,23H,4-5,14-16,18H2,1-3H3,(H2,27,29,30). The molecule has 0 spiro atoms. The summed E-state index contributed by atoms with van der Waals surface area (Å²) in [4.78, 5) is 11.3. The first-order valence-electron chi connectivity index (χ1n) is 11.5. The quantitative estimate of drug-likeness (QED) is 0.399. The van der Waals surface area contributed by atoms with E-state index in [4.69, 9.17) is 9.15 Å². The fourth-order valence-electron chi connectivity index (χ4n) is 4.15. The molecule has 1 saturated heterocycles. The highest BCUT2D eigenvalue weighted by molar-refractivity contribution is 5.79. The number of guanidine groups is 1. The summed E-state index contributed by atoms with van der Waals surface area (Å²) in [5, 5.41) is 6.80. The van der Waals surface area contributed by atoms with Gasteiger partial charge in [0.2, 0.25) is 5.89 Å². The predicted molar refractivity (Wildman–Crippen MR) is 131 cm³/mol. The monoisotopic (exact) mass is 447 g/mol. The molecule has 1 aliphatic rings. The Kier molecular flexibility index (Phi) is 7.62. The SMILES string of the molecule is CN=C(NCc1ncc(-c2ccc(C)cc2)o1)NCC(c1ccc(OC)cc1)N1CCCC1. The number of nitrogens with one attached hydrogen (secondary N) is 2. The summed E-state index contributed by atoms with van der Waals surface area (Å²) in [6, 6.07) is 16.9. The van der Waals surface area contributed by atoms with Crippen molar-refractivity contribution in [3.05, 3.63) is 71.7 Å². The number of aryl methyl sites for hydroxylation is 1. The second-order valence-corrected chi connectivity index (χ2v) is 8.32. The van der Waals surface area contributed by atoms with Crippen molar-refractivity contribution >= 4 is 5.96 Å². The van der Waals surface area contributed by atoms with E-state index in [-0.39, 0.29) is 6.04 Å². The molecule has 0 aliphatic carbocycles. The third-order valence-corrected chi connectivity index (χ3v) is 6.07. The Bertz CT molecular complexity index is 1040. The molecule has 1 unspecified atom stereocenters. The van der Waals surface area contributed by atoms with Gasteiger partial charge in [-0.2, -0.15) is 0 Å². The number of aliphatic imine (C=N–C) groups is 1. The van der Waals surface area contributed by atoms with Crippen molar-refractivity contribution < 1.29 is 9.15 Å². The van der Waals surface area contributed by atoms with Gasteiger partial charge in [-0.1, -0.05) is 42.0 Å². The third kappa shape index (κ3) is 5.93. The van der Waals surface area contributed by atoms with Crippen LogP contribution < -0.4 is 15.4 Å². The lowest BCUT2D eigenvalue weighted by molar-refractivity contribution is 0.245. The molecular weight excluding hydrogens is 414 g/mol. The van der Waals surface area contributed by atoms with Crippen LogP contribution in [-0.2, 0) is 6.54 Å². The average Bonchev–Trinajstić information content (AvgIpc) is 3.55. The van der Waals surface area contributed by atoms with Crippen LogP contribution >= 0.6 is 0 Å². The molecule has 0 bridgehead atoms. The van der Waals surface area contributed by atoms with E-state index in [1.54, 1.807) is 20.4 Å². The van der Waals surface area contributed by atoms with Crippen LogP contribution in [0, 0.1) is 6.92 Å². The van der Waals surface area contributed by atoms with Crippen LogP contribution in [0.5, 0.6) is 5.75 Å². The number of ether oxygens (including phenoxy) is 1. The molecule has 4 rings (SSSR count). The lowest BCUT2D eigenvalue weighted by Crippen LogP contribution is -2.42. The van der Waals surface area contributed by atoms with Crippen LogP contribution in [-0.4, -0.2) is 49.6 Å². The van der Waals surface area contributed by atoms with Crippen molar-refractivity contribution in [2.75, 3.05) is 33.8 Å². The van der Waals surface area contributed by atoms with Gasteiger partial charge >= 0.3 is 0 Å². The van der Waals surface area contributed by atoms with Crippen LogP contribution in [0.1, 0.15) is 35.9 Å². The second kappa shape index (κ2) is 11.0. The summed E-state index contributed by atoms with van der Waals surface area (Å²) in [5.74, 6) is 2.99. The number of hydrogen-bond donors (Lipinski definition) is 2. The summed E-state index contributed by atoms with van der Waals surface area (Å²) in [7, 11) is 3.47. The Morgan fingerprint density at radius 2 is 1.82 bits per heavy atom. The van der Waals surface area contributed by atoms with Gasteiger partial charge < -0.3 is 19.8 Å². The average molecular weight is 448 g/mol. The fraction of sp³-hybridized carbons (Fsp3) is 0.385. The van der Waals surface area contributed by atoms with Crippen LogP contribution in [0.4, 0.5) is 0 Å². The van der Waals surface area contributed by atoms with Crippen molar-refractivity contribution in [3.63, 3.8) is 0 Å². The van der Waals surface area contributed by atoms with Gasteiger partial charge in [0, 0.05) is 19.2 Å². The number of likely N-dealkylation sites (tertiary alicyclic amines) is 1. The summed E-state index contributed by atoms with van der Waals surface area (Å²) in [5.41, 5.74) is 3.52. The fourth-order valence-corrected chi connectivity index (χ4v) is 4.15. The normalized spacial score (nSPS) is 15.4. The van der Waals surface area contributed by atoms with E-state index in [2.05, 4.69) is 56.7 Å². The molecule has 174 valence electrons. The van der Waals surface area contributed by atoms with Crippen molar-refractivity contribution in [2.45, 2.75) is 32.4 Å². The molecule has 7 nitrogen and oxygen atoms in total. The number of aromatic nitrogens is 1. The van der Waals surface area contributed by atoms with E-state index < -0.39 is 0 Å². The number of rotatable bonds is 8. The minimum absolute atomic E-state index is 0.270. The van der Waals surface area contributed by atoms with Gasteiger partial charge in [0.25, 0.3) is 0 Å². The topological polar surface area (TPSA) is 74.9 Å². The van der Waals surface area contributed by atoms with Gasteiger partial charge in [-0.05, 0) is 50.6 Å². The minimum atomic E-state index is 0.270. The van der Waals surface area contributed by atoms with E-state index in [0.717, 1.165) is 42.7 Å². The molecule has 33 heavy (non-hydrogen) atoms. The second-order valence-electron chi connectivity index (χ2n) is 8.32. The number of hydrogen-bond acceptors (Lipinski definition) is 5. The predicted octanol–water partition coefficient (Wildman–Crippen LogP) is 4.16. The number of nitrogens with zero attached hydrogens (tertiary/aromatic N) is 3. The Hall–Kier alpha value is -3.32. The first kappa shape index (κ1) is 22.9. The molecule has 3 aromatic rings. The van der Waals surface area contributed by atoms with Gasteiger partial charge in [-0.25, -0.2) is 4.98 Å². The molecule has 0 saturated carbocycles. The Morgan fingerprint density at radius 3 is 2.48 bits per heavy atom. The number of methoxy groups -OCH3 is 1. The Labute approximate surface area is 195 Å². The molecule has 2 heterocycles. The summed E-state index contributed by atoms with van der Waals surface area (Å²) >= 11 is 0. The van der Waals surface area contributed by atoms with Gasteiger partial charge in [0.05, 0.1) is 25.9 Å². The molecule has 1 atom stereocenters. The Balaban J connectivity index is 1.36. The van der Waals surface area contributed by atoms with Gasteiger partial charge in [0.1, 0.15) is 5.75 Å². The molecule has 2 N–H and O–H groups in total. The van der Waals surface area contributed by atoms with Gasteiger partial charge in [-0.15, -0.1) is 0 Å². The zero-order valence-electron chi connectivity index (χ0n) is 19.7. The maximum absolute atomic E-state index is 5.93. The molecule has 1 fully saturated rings. The number of oxazole rings is 1. The van der Waals surface area contributed by atoms with E-state index in [1.807, 2.05) is 24.3 Å². The van der Waals surface area contributed by atoms with Crippen molar-refractivity contribution in [1.82, 2.24) is 20.5 Å². The highest BCUT2D eigenvalue weighted by Gasteiger charge is 2.23. The molecular formula is C26H33N5O2. The smallest absolute Gasteiger partial charge is 0.214 e. The van der Waals surface area contributed by atoms with Gasteiger partial charge in [0.15, 0.2) is 11.7 Å². The van der Waals surface area contributed by atoms with Crippen LogP contribution in [0.15, 0.2) is 64.1 Å².